The lowest BCUT2D eigenvalue weighted by molar-refractivity contribution is -0.141. The molecule has 6 heteroatoms. The first-order valence-electron chi connectivity index (χ1n) is 9.67. The number of carbonyl (C=O) groups is 1. The summed E-state index contributed by atoms with van der Waals surface area (Å²) < 4.78 is 31.3. The van der Waals surface area contributed by atoms with Gasteiger partial charge < -0.3 is 9.30 Å². The predicted octanol–water partition coefficient (Wildman–Crippen LogP) is 4.52. The van der Waals surface area contributed by atoms with Gasteiger partial charge in [0.05, 0.1) is 17.9 Å². The number of fused-ring (bicyclic) bond motifs is 3. The Kier molecular flexibility index (Phi) is 5.12. The molecule has 0 bridgehead atoms. The highest BCUT2D eigenvalue weighted by atomic mass is 32.2. The van der Waals surface area contributed by atoms with E-state index in [4.69, 9.17) is 4.74 Å². The van der Waals surface area contributed by atoms with Crippen LogP contribution in [0, 0.1) is 0 Å². The third-order valence-electron chi connectivity index (χ3n) is 5.53. The van der Waals surface area contributed by atoms with Crippen LogP contribution in [0.4, 0.5) is 0 Å². The van der Waals surface area contributed by atoms with E-state index in [0.29, 0.717) is 11.4 Å². The van der Waals surface area contributed by atoms with E-state index in [2.05, 4.69) is 16.7 Å². The van der Waals surface area contributed by atoms with Crippen molar-refractivity contribution in [3.63, 3.8) is 0 Å². The van der Waals surface area contributed by atoms with Crippen molar-refractivity contribution < 1.29 is 17.9 Å². The first kappa shape index (κ1) is 20.2. The molecule has 0 saturated carbocycles. The van der Waals surface area contributed by atoms with E-state index < -0.39 is 15.8 Å². The van der Waals surface area contributed by atoms with Crippen LogP contribution in [0.15, 0.2) is 71.6 Å². The normalized spacial score (nSPS) is 12.9. The SMILES string of the molecule is COC(=O)C(C)c1ccc2c3cc(S(C)(=O)=O)ccc3n(Cc3ccccc3)c2c1. The van der Waals surface area contributed by atoms with E-state index in [1.54, 1.807) is 12.1 Å². The Labute approximate surface area is 175 Å². The van der Waals surface area contributed by atoms with Crippen molar-refractivity contribution in [2.45, 2.75) is 24.3 Å². The fraction of sp³-hybridized carbons (Fsp3) is 0.208. The van der Waals surface area contributed by atoms with Crippen molar-refractivity contribution in [2.75, 3.05) is 13.4 Å². The molecule has 0 aliphatic rings. The zero-order valence-corrected chi connectivity index (χ0v) is 17.9. The molecule has 30 heavy (non-hydrogen) atoms. The largest absolute Gasteiger partial charge is 0.469 e. The van der Waals surface area contributed by atoms with Crippen molar-refractivity contribution in [3.8, 4) is 0 Å². The van der Waals surface area contributed by atoms with Crippen LogP contribution < -0.4 is 0 Å². The van der Waals surface area contributed by atoms with Crippen LogP contribution in [0.3, 0.4) is 0 Å². The second kappa shape index (κ2) is 7.61. The summed E-state index contributed by atoms with van der Waals surface area (Å²) in [6.45, 7) is 2.45. The first-order valence-corrected chi connectivity index (χ1v) is 11.6. The zero-order valence-electron chi connectivity index (χ0n) is 17.1. The molecule has 0 N–H and O–H groups in total. The highest BCUT2D eigenvalue weighted by molar-refractivity contribution is 7.90. The van der Waals surface area contributed by atoms with E-state index in [1.165, 1.54) is 13.4 Å². The summed E-state index contributed by atoms with van der Waals surface area (Å²) in [5, 5.41) is 1.83. The zero-order chi connectivity index (χ0) is 21.5. The molecule has 0 aliphatic carbocycles. The average Bonchev–Trinajstić information content (AvgIpc) is 3.05. The van der Waals surface area contributed by atoms with Gasteiger partial charge in [0.15, 0.2) is 9.84 Å². The Morgan fingerprint density at radius 2 is 1.70 bits per heavy atom. The molecule has 0 amide bonds. The number of nitrogens with zero attached hydrogens (tertiary/aromatic N) is 1. The minimum atomic E-state index is -3.32. The Morgan fingerprint density at radius 1 is 0.967 bits per heavy atom. The summed E-state index contributed by atoms with van der Waals surface area (Å²) >= 11 is 0. The van der Waals surface area contributed by atoms with Crippen molar-refractivity contribution >= 4 is 37.6 Å². The number of esters is 1. The number of benzene rings is 3. The fourth-order valence-corrected chi connectivity index (χ4v) is 4.49. The summed E-state index contributed by atoms with van der Waals surface area (Å²) in [6.07, 6.45) is 1.22. The number of ether oxygens (including phenoxy) is 1. The van der Waals surface area contributed by atoms with E-state index >= 15 is 0 Å². The molecule has 4 aromatic rings. The highest BCUT2D eigenvalue weighted by Crippen LogP contribution is 2.33. The molecule has 0 spiro atoms. The number of carbonyl (C=O) groups excluding carboxylic acids is 1. The minimum absolute atomic E-state index is 0.292. The van der Waals surface area contributed by atoms with Crippen LogP contribution in [0.25, 0.3) is 21.8 Å². The Hall–Kier alpha value is -3.12. The van der Waals surface area contributed by atoms with Crippen molar-refractivity contribution in [3.05, 3.63) is 77.9 Å². The lowest BCUT2D eigenvalue weighted by Crippen LogP contribution is -2.10. The summed E-state index contributed by atoms with van der Waals surface area (Å²) in [6, 6.07) is 21.2. The minimum Gasteiger partial charge on any atom is -0.469 e. The predicted molar refractivity (Wildman–Crippen MR) is 119 cm³/mol. The van der Waals surface area contributed by atoms with Gasteiger partial charge in [0.25, 0.3) is 0 Å². The fourth-order valence-electron chi connectivity index (χ4n) is 3.84. The monoisotopic (exact) mass is 421 g/mol. The van der Waals surface area contributed by atoms with Crippen LogP contribution in [-0.4, -0.2) is 32.3 Å². The van der Waals surface area contributed by atoms with Gasteiger partial charge in [-0.1, -0.05) is 42.5 Å². The third-order valence-corrected chi connectivity index (χ3v) is 6.64. The summed E-state index contributed by atoms with van der Waals surface area (Å²) in [7, 11) is -1.93. The molecule has 1 heterocycles. The number of methoxy groups -OCH3 is 1. The van der Waals surface area contributed by atoms with Gasteiger partial charge in [0, 0.05) is 34.6 Å². The maximum Gasteiger partial charge on any atom is 0.312 e. The molecule has 0 aliphatic heterocycles. The quantitative estimate of drug-likeness (QED) is 0.444. The Balaban J connectivity index is 1.99. The van der Waals surface area contributed by atoms with Gasteiger partial charge in [-0.05, 0) is 42.3 Å². The van der Waals surface area contributed by atoms with E-state index in [0.717, 1.165) is 32.9 Å². The molecule has 5 nitrogen and oxygen atoms in total. The van der Waals surface area contributed by atoms with Crippen molar-refractivity contribution in [2.24, 2.45) is 0 Å². The van der Waals surface area contributed by atoms with Gasteiger partial charge in [-0.25, -0.2) is 8.42 Å². The van der Waals surface area contributed by atoms with Gasteiger partial charge in [0.1, 0.15) is 0 Å². The topological polar surface area (TPSA) is 65.4 Å². The smallest absolute Gasteiger partial charge is 0.312 e. The van der Waals surface area contributed by atoms with Crippen molar-refractivity contribution in [1.29, 1.82) is 0 Å². The summed E-state index contributed by atoms with van der Waals surface area (Å²) in [5.74, 6) is -0.686. The molecular weight excluding hydrogens is 398 g/mol. The van der Waals surface area contributed by atoms with Gasteiger partial charge in [-0.2, -0.15) is 0 Å². The summed E-state index contributed by atoms with van der Waals surface area (Å²) in [5.41, 5.74) is 3.89. The Bertz CT molecular complexity index is 1350. The van der Waals surface area contributed by atoms with Crippen LogP contribution in [-0.2, 0) is 25.9 Å². The van der Waals surface area contributed by atoms with Crippen LogP contribution in [0.1, 0.15) is 24.0 Å². The second-order valence-electron chi connectivity index (χ2n) is 7.54. The van der Waals surface area contributed by atoms with Crippen molar-refractivity contribution in [1.82, 2.24) is 4.57 Å². The molecule has 3 aromatic carbocycles. The number of hydrogen-bond acceptors (Lipinski definition) is 4. The van der Waals surface area contributed by atoms with Gasteiger partial charge in [-0.15, -0.1) is 0 Å². The number of rotatable bonds is 5. The molecule has 1 aromatic heterocycles. The maximum absolute atomic E-state index is 12.1. The summed E-state index contributed by atoms with van der Waals surface area (Å²) in [4.78, 5) is 12.3. The number of hydrogen-bond donors (Lipinski definition) is 0. The molecule has 0 fully saturated rings. The maximum atomic E-state index is 12.1. The van der Waals surface area contributed by atoms with Crippen LogP contribution in [0.5, 0.6) is 0 Å². The molecule has 0 saturated heterocycles. The van der Waals surface area contributed by atoms with E-state index in [9.17, 15) is 13.2 Å². The Morgan fingerprint density at radius 3 is 2.37 bits per heavy atom. The van der Waals surface area contributed by atoms with E-state index in [1.807, 2.05) is 49.4 Å². The molecule has 1 atom stereocenters. The molecule has 1 unspecified atom stereocenters. The lowest BCUT2D eigenvalue weighted by atomic mass is 9.99. The standard InChI is InChI=1S/C24H23NO4S/c1-16(24(26)29-2)18-9-11-20-21-14-19(30(3,27)28)10-12-22(21)25(23(20)13-18)15-17-7-5-4-6-8-17/h4-14,16H,15H2,1-3H3. The molecule has 4 rings (SSSR count). The third kappa shape index (κ3) is 3.59. The highest BCUT2D eigenvalue weighted by Gasteiger charge is 2.19. The van der Waals surface area contributed by atoms with Gasteiger partial charge in [0.2, 0.25) is 0 Å². The molecule has 154 valence electrons. The lowest BCUT2D eigenvalue weighted by Gasteiger charge is -2.12. The van der Waals surface area contributed by atoms with Gasteiger partial charge >= 0.3 is 5.97 Å². The van der Waals surface area contributed by atoms with Gasteiger partial charge in [-0.3, -0.25) is 4.79 Å². The number of aromatic nitrogens is 1. The molecular formula is C24H23NO4S. The van der Waals surface area contributed by atoms with Crippen LogP contribution >= 0.6 is 0 Å². The molecule has 0 radical (unpaired) electrons. The van der Waals surface area contributed by atoms with Crippen LogP contribution in [0.2, 0.25) is 0 Å². The second-order valence-corrected chi connectivity index (χ2v) is 9.56. The number of sulfone groups is 1. The first-order chi connectivity index (χ1) is 14.3. The van der Waals surface area contributed by atoms with E-state index in [-0.39, 0.29) is 5.97 Å². The average molecular weight is 422 g/mol.